The monoisotopic (exact) mass is 402 g/mol. The zero-order valence-electron chi connectivity index (χ0n) is 14.2. The number of amides is 1. The minimum absolute atomic E-state index is 0.103. The SMILES string of the molecule is Cn1ccnc1SC(C(=O)Nc1ccc([N+](=O)[O-])cc1Cl)c1ccccc1. The highest BCUT2D eigenvalue weighted by molar-refractivity contribution is 8.00. The number of aromatic nitrogens is 2. The molecule has 0 bridgehead atoms. The molecule has 1 N–H and O–H groups in total. The van der Waals surface area contributed by atoms with E-state index in [-0.39, 0.29) is 16.6 Å². The van der Waals surface area contributed by atoms with Crippen LogP contribution in [0, 0.1) is 10.1 Å². The van der Waals surface area contributed by atoms with E-state index in [4.69, 9.17) is 11.6 Å². The Morgan fingerprint density at radius 3 is 2.63 bits per heavy atom. The van der Waals surface area contributed by atoms with Gasteiger partial charge in [-0.3, -0.25) is 14.9 Å². The summed E-state index contributed by atoms with van der Waals surface area (Å²) < 4.78 is 1.83. The number of nitrogens with one attached hydrogen (secondary N) is 1. The van der Waals surface area contributed by atoms with E-state index in [0.29, 0.717) is 10.8 Å². The number of imidazole rings is 1. The summed E-state index contributed by atoms with van der Waals surface area (Å²) >= 11 is 7.40. The summed E-state index contributed by atoms with van der Waals surface area (Å²) in [6, 6.07) is 13.2. The Balaban J connectivity index is 1.87. The van der Waals surface area contributed by atoms with E-state index >= 15 is 0 Å². The van der Waals surface area contributed by atoms with Crippen LogP contribution in [0.25, 0.3) is 0 Å². The Labute approximate surface area is 164 Å². The van der Waals surface area contributed by atoms with Crippen molar-refractivity contribution in [2.45, 2.75) is 10.4 Å². The first-order chi connectivity index (χ1) is 13.0. The van der Waals surface area contributed by atoms with E-state index in [9.17, 15) is 14.9 Å². The van der Waals surface area contributed by atoms with Crippen LogP contribution in [0.15, 0.2) is 66.1 Å². The highest BCUT2D eigenvalue weighted by atomic mass is 35.5. The minimum Gasteiger partial charge on any atom is -0.329 e. The van der Waals surface area contributed by atoms with Gasteiger partial charge in [0.25, 0.3) is 5.69 Å². The van der Waals surface area contributed by atoms with Crippen LogP contribution < -0.4 is 5.32 Å². The van der Waals surface area contributed by atoms with Gasteiger partial charge in [-0.25, -0.2) is 4.98 Å². The maximum absolute atomic E-state index is 13.0. The maximum Gasteiger partial charge on any atom is 0.271 e. The second-order valence-electron chi connectivity index (χ2n) is 5.64. The van der Waals surface area contributed by atoms with Gasteiger partial charge in [-0.1, -0.05) is 53.7 Å². The fourth-order valence-electron chi connectivity index (χ4n) is 2.39. The summed E-state index contributed by atoms with van der Waals surface area (Å²) in [7, 11) is 1.85. The summed E-state index contributed by atoms with van der Waals surface area (Å²) in [5.74, 6) is -0.301. The van der Waals surface area contributed by atoms with E-state index in [0.717, 1.165) is 5.56 Å². The van der Waals surface area contributed by atoms with Crippen LogP contribution in [-0.2, 0) is 11.8 Å². The highest BCUT2D eigenvalue weighted by Crippen LogP contribution is 2.36. The fraction of sp³-hybridized carbons (Fsp3) is 0.111. The molecule has 0 radical (unpaired) electrons. The van der Waals surface area contributed by atoms with Crippen LogP contribution in [0.4, 0.5) is 11.4 Å². The van der Waals surface area contributed by atoms with Crippen LogP contribution in [0.3, 0.4) is 0 Å². The molecule has 3 aromatic rings. The van der Waals surface area contributed by atoms with Crippen molar-refractivity contribution in [2.75, 3.05) is 5.32 Å². The molecule has 1 aromatic heterocycles. The number of nitrogens with zero attached hydrogens (tertiary/aromatic N) is 3. The van der Waals surface area contributed by atoms with Crippen molar-refractivity contribution in [1.82, 2.24) is 9.55 Å². The molecule has 27 heavy (non-hydrogen) atoms. The number of carbonyl (C=O) groups excluding carboxylic acids is 1. The molecule has 0 fully saturated rings. The van der Waals surface area contributed by atoms with Crippen LogP contribution in [-0.4, -0.2) is 20.4 Å². The molecule has 2 aromatic carbocycles. The Kier molecular flexibility index (Phi) is 5.78. The molecule has 0 aliphatic carbocycles. The number of carbonyl (C=O) groups is 1. The number of rotatable bonds is 6. The van der Waals surface area contributed by atoms with Gasteiger partial charge in [-0.05, 0) is 11.6 Å². The number of non-ortho nitro benzene ring substituents is 1. The zero-order chi connectivity index (χ0) is 19.4. The number of hydrogen-bond donors (Lipinski definition) is 1. The highest BCUT2D eigenvalue weighted by Gasteiger charge is 2.24. The zero-order valence-corrected chi connectivity index (χ0v) is 15.8. The third-order valence-electron chi connectivity index (χ3n) is 3.76. The molecular formula is C18H15ClN4O3S. The van der Waals surface area contributed by atoms with Crippen molar-refractivity contribution >= 4 is 40.6 Å². The number of aryl methyl sites for hydroxylation is 1. The van der Waals surface area contributed by atoms with Crippen molar-refractivity contribution in [3.63, 3.8) is 0 Å². The molecule has 1 atom stereocenters. The Morgan fingerprint density at radius 1 is 1.30 bits per heavy atom. The number of benzene rings is 2. The average Bonchev–Trinajstić information content (AvgIpc) is 3.06. The Hall–Kier alpha value is -2.84. The van der Waals surface area contributed by atoms with Crippen LogP contribution in [0.5, 0.6) is 0 Å². The van der Waals surface area contributed by atoms with Crippen molar-refractivity contribution in [3.8, 4) is 0 Å². The molecular weight excluding hydrogens is 388 g/mol. The Morgan fingerprint density at radius 2 is 2.04 bits per heavy atom. The molecule has 1 unspecified atom stereocenters. The van der Waals surface area contributed by atoms with Crippen LogP contribution >= 0.6 is 23.4 Å². The fourth-order valence-corrected chi connectivity index (χ4v) is 3.63. The van der Waals surface area contributed by atoms with Gasteiger partial charge in [-0.2, -0.15) is 0 Å². The third kappa shape index (κ3) is 4.47. The second-order valence-corrected chi connectivity index (χ2v) is 7.12. The molecule has 7 nitrogen and oxygen atoms in total. The molecule has 0 aliphatic heterocycles. The number of nitro benzene ring substituents is 1. The molecule has 1 amide bonds. The lowest BCUT2D eigenvalue weighted by atomic mass is 10.1. The molecule has 0 spiro atoms. The Bertz CT molecular complexity index is 978. The number of thioether (sulfide) groups is 1. The lowest BCUT2D eigenvalue weighted by Gasteiger charge is -2.17. The lowest BCUT2D eigenvalue weighted by Crippen LogP contribution is -2.19. The van der Waals surface area contributed by atoms with Crippen molar-refractivity contribution in [2.24, 2.45) is 7.05 Å². The topological polar surface area (TPSA) is 90.1 Å². The minimum atomic E-state index is -0.571. The summed E-state index contributed by atoms with van der Waals surface area (Å²) in [5, 5.41) is 13.8. The standard InChI is InChI=1S/C18H15ClN4O3S/c1-22-10-9-20-18(22)27-16(12-5-3-2-4-6-12)17(24)21-15-8-7-13(23(25)26)11-14(15)19/h2-11,16H,1H3,(H,21,24). The lowest BCUT2D eigenvalue weighted by molar-refractivity contribution is -0.384. The molecule has 0 saturated carbocycles. The van der Waals surface area contributed by atoms with Crippen molar-refractivity contribution in [1.29, 1.82) is 0 Å². The first-order valence-electron chi connectivity index (χ1n) is 7.89. The molecule has 3 rings (SSSR count). The molecule has 0 saturated heterocycles. The van der Waals surface area contributed by atoms with Crippen molar-refractivity contribution in [3.05, 3.63) is 81.6 Å². The van der Waals surface area contributed by atoms with E-state index in [2.05, 4.69) is 10.3 Å². The van der Waals surface area contributed by atoms with Crippen LogP contribution in [0.1, 0.15) is 10.8 Å². The predicted molar refractivity (Wildman–Crippen MR) is 105 cm³/mol. The first kappa shape index (κ1) is 18.9. The molecule has 0 aliphatic rings. The van der Waals surface area contributed by atoms with Gasteiger partial charge < -0.3 is 9.88 Å². The van der Waals surface area contributed by atoms with Gasteiger partial charge in [0.05, 0.1) is 15.6 Å². The predicted octanol–water partition coefficient (Wildman–Crippen LogP) is 4.45. The van der Waals surface area contributed by atoms with Crippen LogP contribution in [0.2, 0.25) is 5.02 Å². The third-order valence-corrected chi connectivity index (χ3v) is 5.40. The summed E-state index contributed by atoms with van der Waals surface area (Å²) in [6.45, 7) is 0. The molecule has 1 heterocycles. The number of halogens is 1. The second kappa shape index (κ2) is 8.24. The van der Waals surface area contributed by atoms with E-state index in [1.54, 1.807) is 12.4 Å². The van der Waals surface area contributed by atoms with Crippen molar-refractivity contribution < 1.29 is 9.72 Å². The summed E-state index contributed by atoms with van der Waals surface area (Å²) in [4.78, 5) is 27.5. The maximum atomic E-state index is 13.0. The van der Waals surface area contributed by atoms with Gasteiger partial charge in [0, 0.05) is 31.6 Å². The summed E-state index contributed by atoms with van der Waals surface area (Å²) in [6.07, 6.45) is 3.46. The first-order valence-corrected chi connectivity index (χ1v) is 9.15. The molecule has 9 heteroatoms. The number of anilines is 1. The quantitative estimate of drug-likeness (QED) is 0.373. The van der Waals surface area contributed by atoms with Gasteiger partial charge in [-0.15, -0.1) is 0 Å². The number of hydrogen-bond acceptors (Lipinski definition) is 5. The van der Waals surface area contributed by atoms with Gasteiger partial charge in [0.15, 0.2) is 5.16 Å². The smallest absolute Gasteiger partial charge is 0.271 e. The van der Waals surface area contributed by atoms with Gasteiger partial charge >= 0.3 is 0 Å². The van der Waals surface area contributed by atoms with Gasteiger partial charge in [0.1, 0.15) is 5.25 Å². The van der Waals surface area contributed by atoms with E-state index in [1.807, 2.05) is 41.9 Å². The van der Waals surface area contributed by atoms with Gasteiger partial charge in [0.2, 0.25) is 5.91 Å². The average molecular weight is 403 g/mol. The van der Waals surface area contributed by atoms with E-state index in [1.165, 1.54) is 30.0 Å². The normalized spacial score (nSPS) is 11.8. The molecule has 138 valence electrons. The largest absolute Gasteiger partial charge is 0.329 e. The van der Waals surface area contributed by atoms with E-state index < -0.39 is 10.2 Å². The summed E-state index contributed by atoms with van der Waals surface area (Å²) in [5.41, 5.74) is 0.981. The number of nitro groups is 1.